The van der Waals surface area contributed by atoms with Gasteiger partial charge in [-0.3, -0.25) is 9.69 Å². The lowest BCUT2D eigenvalue weighted by Gasteiger charge is -2.31. The Morgan fingerprint density at radius 2 is 2.00 bits per heavy atom. The molecule has 0 radical (unpaired) electrons. The van der Waals surface area contributed by atoms with Crippen LogP contribution in [0.25, 0.3) is 0 Å². The molecule has 1 unspecified atom stereocenters. The lowest BCUT2D eigenvalue weighted by molar-refractivity contribution is -0.122. The molecule has 0 amide bonds. The second-order valence-electron chi connectivity index (χ2n) is 4.06. The van der Waals surface area contributed by atoms with Gasteiger partial charge in [-0.1, -0.05) is 19.8 Å². The average Bonchev–Trinajstić information content (AvgIpc) is 2.58. The number of nitrogens with zero attached hydrogens (tertiary/aromatic N) is 1. The molecule has 0 aromatic carbocycles. The summed E-state index contributed by atoms with van der Waals surface area (Å²) in [5.74, 6) is 0.300. The molecule has 0 N–H and O–H groups in total. The fourth-order valence-corrected chi connectivity index (χ4v) is 2.32. The second-order valence-corrected chi connectivity index (χ2v) is 4.06. The van der Waals surface area contributed by atoms with E-state index in [1.165, 1.54) is 25.7 Å². The molecule has 76 valence electrons. The minimum absolute atomic E-state index is 0.119. The molecule has 1 fully saturated rings. The van der Waals surface area contributed by atoms with E-state index in [-0.39, 0.29) is 6.04 Å². The summed E-state index contributed by atoms with van der Waals surface area (Å²) in [7, 11) is 0. The van der Waals surface area contributed by atoms with Crippen molar-refractivity contribution in [2.45, 2.75) is 58.5 Å². The van der Waals surface area contributed by atoms with E-state index in [9.17, 15) is 4.79 Å². The zero-order chi connectivity index (χ0) is 9.84. The van der Waals surface area contributed by atoms with E-state index in [1.54, 1.807) is 6.92 Å². The van der Waals surface area contributed by atoms with Crippen LogP contribution in [0.15, 0.2) is 0 Å². The molecule has 0 aromatic heterocycles. The third-order valence-electron chi connectivity index (χ3n) is 3.24. The molecule has 1 aliphatic rings. The van der Waals surface area contributed by atoms with Gasteiger partial charge in [0.15, 0.2) is 0 Å². The summed E-state index contributed by atoms with van der Waals surface area (Å²) in [6.45, 7) is 6.88. The van der Waals surface area contributed by atoms with Crippen molar-refractivity contribution in [3.63, 3.8) is 0 Å². The van der Waals surface area contributed by atoms with Crippen LogP contribution in [0.1, 0.15) is 46.5 Å². The molecule has 0 heterocycles. The van der Waals surface area contributed by atoms with E-state index < -0.39 is 0 Å². The van der Waals surface area contributed by atoms with Gasteiger partial charge in [0.1, 0.15) is 5.78 Å². The predicted octanol–water partition coefficient (Wildman–Crippen LogP) is 2.23. The third-order valence-corrected chi connectivity index (χ3v) is 3.24. The van der Waals surface area contributed by atoms with Crippen LogP contribution in [0, 0.1) is 0 Å². The van der Waals surface area contributed by atoms with Gasteiger partial charge in [0, 0.05) is 6.04 Å². The molecule has 0 bridgehead atoms. The lowest BCUT2D eigenvalue weighted by atomic mass is 10.1. The third kappa shape index (κ3) is 2.53. The standard InChI is InChI=1S/C11H21NO/c1-4-12(9(2)10(3)13)11-7-5-6-8-11/h9,11H,4-8H2,1-3H3. The average molecular weight is 183 g/mol. The van der Waals surface area contributed by atoms with Crippen molar-refractivity contribution in [3.8, 4) is 0 Å². The van der Waals surface area contributed by atoms with Crippen molar-refractivity contribution in [1.29, 1.82) is 0 Å². The Kier molecular flexibility index (Phi) is 3.91. The van der Waals surface area contributed by atoms with Crippen LogP contribution in [0.5, 0.6) is 0 Å². The molecule has 2 heteroatoms. The van der Waals surface area contributed by atoms with E-state index in [1.807, 2.05) is 6.92 Å². The summed E-state index contributed by atoms with van der Waals surface area (Å²) in [5, 5.41) is 0. The topological polar surface area (TPSA) is 20.3 Å². The number of hydrogen-bond donors (Lipinski definition) is 0. The molecule has 1 rings (SSSR count). The van der Waals surface area contributed by atoms with E-state index in [0.29, 0.717) is 11.8 Å². The van der Waals surface area contributed by atoms with Crippen molar-refractivity contribution in [2.24, 2.45) is 0 Å². The first kappa shape index (κ1) is 10.7. The van der Waals surface area contributed by atoms with Gasteiger partial charge < -0.3 is 0 Å². The van der Waals surface area contributed by atoms with E-state index in [0.717, 1.165) is 6.54 Å². The van der Waals surface area contributed by atoms with E-state index >= 15 is 0 Å². The van der Waals surface area contributed by atoms with Gasteiger partial charge in [-0.15, -0.1) is 0 Å². The first-order valence-electron chi connectivity index (χ1n) is 5.43. The van der Waals surface area contributed by atoms with Crippen LogP contribution in [-0.4, -0.2) is 29.3 Å². The normalized spacial score (nSPS) is 20.9. The summed E-state index contributed by atoms with van der Waals surface area (Å²) in [6.07, 6.45) is 5.24. The number of carbonyl (C=O) groups is 1. The zero-order valence-electron chi connectivity index (χ0n) is 9.05. The minimum Gasteiger partial charge on any atom is -0.298 e. The Morgan fingerprint density at radius 3 is 2.38 bits per heavy atom. The fraction of sp³-hybridized carbons (Fsp3) is 0.909. The monoisotopic (exact) mass is 183 g/mol. The quantitative estimate of drug-likeness (QED) is 0.666. The summed E-state index contributed by atoms with van der Waals surface area (Å²) >= 11 is 0. The van der Waals surface area contributed by atoms with E-state index in [2.05, 4.69) is 11.8 Å². The number of likely N-dealkylation sites (N-methyl/N-ethyl adjacent to an activating group) is 1. The highest BCUT2D eigenvalue weighted by molar-refractivity contribution is 5.80. The van der Waals surface area contributed by atoms with Gasteiger partial charge in [-0.2, -0.15) is 0 Å². The highest BCUT2D eigenvalue weighted by atomic mass is 16.1. The molecule has 1 saturated carbocycles. The Morgan fingerprint density at radius 1 is 1.46 bits per heavy atom. The number of ketones is 1. The van der Waals surface area contributed by atoms with Gasteiger partial charge in [-0.25, -0.2) is 0 Å². The van der Waals surface area contributed by atoms with Crippen LogP contribution >= 0.6 is 0 Å². The van der Waals surface area contributed by atoms with E-state index in [4.69, 9.17) is 0 Å². The highest BCUT2D eigenvalue weighted by Gasteiger charge is 2.26. The lowest BCUT2D eigenvalue weighted by Crippen LogP contribution is -2.43. The maximum absolute atomic E-state index is 11.3. The molecule has 0 spiro atoms. The van der Waals surface area contributed by atoms with Crippen LogP contribution in [0.4, 0.5) is 0 Å². The number of hydrogen-bond acceptors (Lipinski definition) is 2. The predicted molar refractivity (Wildman–Crippen MR) is 54.8 cm³/mol. The highest BCUT2D eigenvalue weighted by Crippen LogP contribution is 2.24. The SMILES string of the molecule is CCN(C1CCCC1)C(C)C(C)=O. The minimum atomic E-state index is 0.119. The molecule has 0 aliphatic heterocycles. The summed E-state index contributed by atoms with van der Waals surface area (Å²) in [4.78, 5) is 13.6. The maximum atomic E-state index is 11.3. The van der Waals surface area contributed by atoms with Gasteiger partial charge in [0.05, 0.1) is 6.04 Å². The molecule has 0 aromatic rings. The Hall–Kier alpha value is -0.370. The van der Waals surface area contributed by atoms with Crippen molar-refractivity contribution in [1.82, 2.24) is 4.90 Å². The maximum Gasteiger partial charge on any atom is 0.146 e. The largest absolute Gasteiger partial charge is 0.298 e. The molecule has 2 nitrogen and oxygen atoms in total. The number of Topliss-reactive ketones (excluding diaryl/α,β-unsaturated/α-hetero) is 1. The molecular weight excluding hydrogens is 162 g/mol. The van der Waals surface area contributed by atoms with Crippen molar-refractivity contribution in [3.05, 3.63) is 0 Å². The smallest absolute Gasteiger partial charge is 0.146 e. The summed E-state index contributed by atoms with van der Waals surface area (Å²) in [5.41, 5.74) is 0. The molecule has 1 aliphatic carbocycles. The van der Waals surface area contributed by atoms with Gasteiger partial charge in [0.2, 0.25) is 0 Å². The second kappa shape index (κ2) is 4.75. The number of rotatable bonds is 4. The van der Waals surface area contributed by atoms with Crippen LogP contribution in [0.2, 0.25) is 0 Å². The first-order chi connectivity index (χ1) is 6.16. The van der Waals surface area contributed by atoms with Crippen molar-refractivity contribution in [2.75, 3.05) is 6.54 Å². The van der Waals surface area contributed by atoms with Gasteiger partial charge in [0.25, 0.3) is 0 Å². The van der Waals surface area contributed by atoms with Crippen LogP contribution < -0.4 is 0 Å². The Balaban J connectivity index is 2.54. The Bertz CT molecular complexity index is 173. The fourth-order valence-electron chi connectivity index (χ4n) is 2.32. The van der Waals surface area contributed by atoms with Crippen molar-refractivity contribution < 1.29 is 4.79 Å². The van der Waals surface area contributed by atoms with Crippen molar-refractivity contribution >= 4 is 5.78 Å². The molecule has 0 saturated heterocycles. The summed E-state index contributed by atoms with van der Waals surface area (Å²) < 4.78 is 0. The summed E-state index contributed by atoms with van der Waals surface area (Å²) in [6, 6.07) is 0.789. The van der Waals surface area contributed by atoms with Crippen LogP contribution in [-0.2, 0) is 4.79 Å². The molecule has 13 heavy (non-hydrogen) atoms. The van der Waals surface area contributed by atoms with Crippen LogP contribution in [0.3, 0.4) is 0 Å². The molecular formula is C11H21NO. The Labute approximate surface area is 81.3 Å². The first-order valence-corrected chi connectivity index (χ1v) is 5.43. The molecule has 1 atom stereocenters. The van der Waals surface area contributed by atoms with Gasteiger partial charge in [-0.05, 0) is 33.2 Å². The van der Waals surface area contributed by atoms with Gasteiger partial charge >= 0.3 is 0 Å². The number of carbonyl (C=O) groups excluding carboxylic acids is 1. The zero-order valence-corrected chi connectivity index (χ0v) is 9.05.